The average molecular weight is 238 g/mol. The lowest BCUT2D eigenvalue weighted by molar-refractivity contribution is 0.0650. The number of anilines is 1. The van der Waals surface area contributed by atoms with Gasteiger partial charge in [-0.05, 0) is 25.7 Å². The molecule has 6 heteroatoms. The predicted molar refractivity (Wildman–Crippen MR) is 62.1 cm³/mol. The second-order valence-electron chi connectivity index (χ2n) is 3.62. The van der Waals surface area contributed by atoms with Crippen LogP contribution in [0.4, 0.5) is 5.13 Å². The molecule has 1 heterocycles. The molecule has 1 radical (unpaired) electrons. The second kappa shape index (κ2) is 5.07. The molecule has 0 aromatic carbocycles. The van der Waals surface area contributed by atoms with E-state index in [2.05, 4.69) is 10.1 Å². The molecule has 2 rings (SSSR count). The first kappa shape index (κ1) is 11.1. The number of thiazole rings is 1. The van der Waals surface area contributed by atoms with Crippen molar-refractivity contribution in [2.75, 3.05) is 5.73 Å². The zero-order chi connectivity index (χ0) is 11.4. The minimum absolute atomic E-state index is 0.0832. The number of oxime groups is 1. The van der Waals surface area contributed by atoms with E-state index in [1.54, 1.807) is 11.7 Å². The van der Waals surface area contributed by atoms with Gasteiger partial charge in [-0.1, -0.05) is 5.16 Å². The van der Waals surface area contributed by atoms with Crippen molar-refractivity contribution >= 4 is 28.5 Å². The van der Waals surface area contributed by atoms with Crippen molar-refractivity contribution in [1.29, 1.82) is 0 Å². The number of hydrogen-bond donors (Lipinski definition) is 1. The summed E-state index contributed by atoms with van der Waals surface area (Å²) in [6.07, 6.45) is 6.15. The maximum absolute atomic E-state index is 10.7. The Kier molecular flexibility index (Phi) is 3.51. The zero-order valence-corrected chi connectivity index (χ0v) is 9.50. The number of nitrogens with zero attached hydrogens (tertiary/aromatic N) is 2. The molecule has 0 saturated heterocycles. The average Bonchev–Trinajstić information content (AvgIpc) is 2.91. The normalized spacial score (nSPS) is 17.6. The second-order valence-corrected chi connectivity index (χ2v) is 4.51. The van der Waals surface area contributed by atoms with Crippen LogP contribution >= 0.6 is 11.3 Å². The van der Waals surface area contributed by atoms with E-state index in [9.17, 15) is 4.79 Å². The molecule has 5 nitrogen and oxygen atoms in total. The Morgan fingerprint density at radius 3 is 2.94 bits per heavy atom. The van der Waals surface area contributed by atoms with Crippen molar-refractivity contribution in [3.8, 4) is 0 Å². The van der Waals surface area contributed by atoms with Gasteiger partial charge in [-0.3, -0.25) is 4.79 Å². The van der Waals surface area contributed by atoms with Gasteiger partial charge in [0.1, 0.15) is 11.8 Å². The number of hydrogen-bond acceptors (Lipinski definition) is 6. The van der Waals surface area contributed by atoms with Crippen LogP contribution in [0.2, 0.25) is 0 Å². The van der Waals surface area contributed by atoms with Gasteiger partial charge in [0.2, 0.25) is 0 Å². The molecule has 0 bridgehead atoms. The van der Waals surface area contributed by atoms with E-state index in [-0.39, 0.29) is 11.8 Å². The minimum Gasteiger partial charge on any atom is -0.392 e. The Balaban J connectivity index is 2.03. The fourth-order valence-corrected chi connectivity index (χ4v) is 2.18. The molecule has 1 aliphatic rings. The zero-order valence-electron chi connectivity index (χ0n) is 8.68. The molecular weight excluding hydrogens is 226 g/mol. The number of nitrogen functional groups attached to an aromatic ring is 1. The standard InChI is InChI=1S/C10H12N3O2S/c11-10-12-9(6-16-10)8(5-14)13-15-7-3-1-2-4-7/h6-7H,1-4H2,(H2,11,12)/b13-8+. The number of rotatable bonds is 4. The summed E-state index contributed by atoms with van der Waals surface area (Å²) in [6, 6.07) is 0. The van der Waals surface area contributed by atoms with Crippen LogP contribution in [-0.4, -0.2) is 23.1 Å². The van der Waals surface area contributed by atoms with E-state index < -0.39 is 0 Å². The molecule has 0 atom stereocenters. The Labute approximate surface area is 97.3 Å². The smallest absolute Gasteiger partial charge is 0.259 e. The first-order valence-corrected chi connectivity index (χ1v) is 6.01. The topological polar surface area (TPSA) is 77.6 Å². The van der Waals surface area contributed by atoms with Gasteiger partial charge in [-0.2, -0.15) is 0 Å². The molecule has 2 N–H and O–H groups in total. The summed E-state index contributed by atoms with van der Waals surface area (Å²) < 4.78 is 0. The van der Waals surface area contributed by atoms with E-state index in [0.29, 0.717) is 10.8 Å². The van der Waals surface area contributed by atoms with Gasteiger partial charge in [0.25, 0.3) is 6.29 Å². The lowest BCUT2D eigenvalue weighted by Crippen LogP contribution is -2.09. The van der Waals surface area contributed by atoms with E-state index in [1.165, 1.54) is 11.3 Å². The van der Waals surface area contributed by atoms with Gasteiger partial charge in [-0.25, -0.2) is 4.98 Å². The molecule has 85 valence electrons. The highest BCUT2D eigenvalue weighted by molar-refractivity contribution is 7.13. The molecule has 1 aromatic heterocycles. The number of nitrogens with two attached hydrogens (primary N) is 1. The van der Waals surface area contributed by atoms with Crippen LogP contribution in [-0.2, 0) is 9.63 Å². The first-order chi connectivity index (χ1) is 7.79. The molecule has 16 heavy (non-hydrogen) atoms. The molecule has 0 aliphatic heterocycles. The fraction of sp³-hybridized carbons (Fsp3) is 0.500. The summed E-state index contributed by atoms with van der Waals surface area (Å²) in [5.74, 6) is 0. The van der Waals surface area contributed by atoms with E-state index in [4.69, 9.17) is 10.6 Å². The van der Waals surface area contributed by atoms with Gasteiger partial charge in [0.15, 0.2) is 10.8 Å². The lowest BCUT2D eigenvalue weighted by Gasteiger charge is -2.05. The Bertz CT molecular complexity index is 397. The van der Waals surface area contributed by atoms with Gasteiger partial charge < -0.3 is 10.6 Å². The SMILES string of the molecule is Nc1nc(/C([C]=O)=N/OC2CCCC2)cs1. The molecule has 1 aromatic rings. The Hall–Kier alpha value is -1.43. The van der Waals surface area contributed by atoms with Crippen molar-refractivity contribution < 1.29 is 9.63 Å². The molecule has 0 unspecified atom stereocenters. The fourth-order valence-electron chi connectivity index (χ4n) is 1.64. The van der Waals surface area contributed by atoms with E-state index in [1.807, 2.05) is 0 Å². The molecular formula is C10H12N3O2S. The van der Waals surface area contributed by atoms with E-state index in [0.717, 1.165) is 25.7 Å². The highest BCUT2D eigenvalue weighted by atomic mass is 32.1. The Morgan fingerprint density at radius 1 is 1.62 bits per heavy atom. The number of carbonyl (C=O) groups excluding carboxylic acids is 1. The summed E-state index contributed by atoms with van der Waals surface area (Å²) in [5, 5.41) is 5.85. The predicted octanol–water partition coefficient (Wildman–Crippen LogP) is 1.50. The maximum Gasteiger partial charge on any atom is 0.259 e. The molecule has 0 amide bonds. The largest absolute Gasteiger partial charge is 0.392 e. The van der Waals surface area contributed by atoms with Gasteiger partial charge in [0, 0.05) is 5.38 Å². The number of aromatic nitrogens is 1. The van der Waals surface area contributed by atoms with E-state index >= 15 is 0 Å². The minimum atomic E-state index is 0.0832. The van der Waals surface area contributed by atoms with Crippen LogP contribution < -0.4 is 5.73 Å². The highest BCUT2D eigenvalue weighted by Crippen LogP contribution is 2.21. The molecule has 0 spiro atoms. The molecule has 1 aliphatic carbocycles. The van der Waals surface area contributed by atoms with Crippen LogP contribution in [0.25, 0.3) is 0 Å². The van der Waals surface area contributed by atoms with Crippen molar-refractivity contribution in [2.24, 2.45) is 5.16 Å². The first-order valence-electron chi connectivity index (χ1n) is 5.13. The molecule has 1 saturated carbocycles. The third kappa shape index (κ3) is 2.57. The van der Waals surface area contributed by atoms with Crippen molar-refractivity contribution in [3.05, 3.63) is 11.1 Å². The van der Waals surface area contributed by atoms with Crippen LogP contribution in [0.3, 0.4) is 0 Å². The molecule has 1 fully saturated rings. The van der Waals surface area contributed by atoms with Crippen molar-refractivity contribution in [1.82, 2.24) is 4.98 Å². The Morgan fingerprint density at radius 2 is 2.38 bits per heavy atom. The van der Waals surface area contributed by atoms with Crippen LogP contribution in [0.5, 0.6) is 0 Å². The van der Waals surface area contributed by atoms with Gasteiger partial charge in [-0.15, -0.1) is 11.3 Å². The lowest BCUT2D eigenvalue weighted by atomic mass is 10.3. The van der Waals surface area contributed by atoms with Crippen LogP contribution in [0.15, 0.2) is 10.5 Å². The summed E-state index contributed by atoms with van der Waals surface area (Å²) in [7, 11) is 0. The summed E-state index contributed by atoms with van der Waals surface area (Å²) >= 11 is 1.26. The maximum atomic E-state index is 10.7. The third-order valence-corrected chi connectivity index (χ3v) is 3.13. The van der Waals surface area contributed by atoms with Crippen LogP contribution in [0.1, 0.15) is 31.4 Å². The van der Waals surface area contributed by atoms with Gasteiger partial charge >= 0.3 is 0 Å². The highest BCUT2D eigenvalue weighted by Gasteiger charge is 2.17. The quantitative estimate of drug-likeness (QED) is 0.637. The summed E-state index contributed by atoms with van der Waals surface area (Å²) in [5.41, 5.74) is 5.98. The summed E-state index contributed by atoms with van der Waals surface area (Å²) in [4.78, 5) is 19.9. The van der Waals surface area contributed by atoms with Gasteiger partial charge in [0.05, 0.1) is 0 Å². The monoisotopic (exact) mass is 238 g/mol. The van der Waals surface area contributed by atoms with Crippen molar-refractivity contribution in [3.63, 3.8) is 0 Å². The summed E-state index contributed by atoms with van der Waals surface area (Å²) in [6.45, 7) is 0. The van der Waals surface area contributed by atoms with Crippen molar-refractivity contribution in [2.45, 2.75) is 31.8 Å². The van der Waals surface area contributed by atoms with Crippen LogP contribution in [0, 0.1) is 0 Å². The third-order valence-electron chi connectivity index (χ3n) is 2.46.